The maximum absolute atomic E-state index is 2.41. The molecule has 1 heterocycles. The number of benzene rings is 1. The standard InChI is InChI=1S/C9H8.Po/c1-2-6-9-7-4-3-5-8-9;/h1-5,7H,6H2;. The molecule has 0 spiro atoms. The fraction of sp³-hybridized carbons (Fsp3) is 0.111. The summed E-state index contributed by atoms with van der Waals surface area (Å²) in [7, 11) is 0. The number of fused-ring (bicyclic) bond motifs is 1. The number of allylic oxidation sites excluding steroid dienone is 1. The molecule has 1 aliphatic heterocycles. The molecule has 1 aromatic carbocycles. The fourth-order valence-electron chi connectivity index (χ4n) is 1.08. The molecule has 0 saturated heterocycles. The molecule has 0 atom stereocenters. The predicted molar refractivity (Wildman–Crippen MR) is 44.7 cm³/mol. The van der Waals surface area contributed by atoms with Crippen LogP contribution in [0.5, 0.6) is 0 Å². The molecule has 0 radical (unpaired) electrons. The molecular formula is C9H8Po. The summed E-state index contributed by atoms with van der Waals surface area (Å²) in [6.07, 6.45) is 3.48. The first-order valence-electron chi connectivity index (χ1n) is 3.36. The second-order valence-corrected chi connectivity index (χ2v) is 5.99. The molecule has 10 heavy (non-hydrogen) atoms. The van der Waals surface area contributed by atoms with Crippen molar-refractivity contribution in [1.29, 1.82) is 0 Å². The summed E-state index contributed by atoms with van der Waals surface area (Å²) in [5.74, 6) is 0. The molecular weight excluding hydrogens is 317 g/mol. The van der Waals surface area contributed by atoms with E-state index in [4.69, 9.17) is 0 Å². The summed E-state index contributed by atoms with van der Waals surface area (Å²) in [4.78, 5) is 0. The average molecular weight is 325 g/mol. The van der Waals surface area contributed by atoms with Crippen LogP contribution in [0.15, 0.2) is 34.1 Å². The first-order chi connectivity index (χ1) is 4.97. The zero-order valence-electron chi connectivity index (χ0n) is 5.58. The molecule has 1 heteroatoms. The van der Waals surface area contributed by atoms with Crippen molar-refractivity contribution in [3.63, 3.8) is 0 Å². The van der Waals surface area contributed by atoms with Gasteiger partial charge in [0.2, 0.25) is 0 Å². The van der Waals surface area contributed by atoms with E-state index in [2.05, 4.69) is 34.1 Å². The van der Waals surface area contributed by atoms with Gasteiger partial charge in [0.15, 0.2) is 0 Å². The van der Waals surface area contributed by atoms with E-state index in [1.54, 1.807) is 8.79 Å². The predicted octanol–water partition coefficient (Wildman–Crippen LogP) is 1.09. The quantitative estimate of drug-likeness (QED) is 0.670. The molecule has 1 aliphatic rings. The first-order valence-corrected chi connectivity index (χ1v) is 6.78. The van der Waals surface area contributed by atoms with Crippen molar-refractivity contribution >= 4 is 26.8 Å². The van der Waals surface area contributed by atoms with Gasteiger partial charge in [-0.15, -0.1) is 0 Å². The SMILES string of the molecule is C1=[CH][Po][c]2ccccc2C1. The van der Waals surface area contributed by atoms with Gasteiger partial charge in [0.25, 0.3) is 0 Å². The van der Waals surface area contributed by atoms with Gasteiger partial charge in [-0.05, 0) is 0 Å². The van der Waals surface area contributed by atoms with Crippen LogP contribution >= 0.6 is 0 Å². The van der Waals surface area contributed by atoms with Crippen molar-refractivity contribution in [2.45, 2.75) is 6.42 Å². The Kier molecular flexibility index (Phi) is 1.87. The van der Waals surface area contributed by atoms with Gasteiger partial charge in [0.1, 0.15) is 0 Å². The molecule has 0 nitrogen and oxygen atoms in total. The van der Waals surface area contributed by atoms with E-state index in [0.717, 1.165) is 6.42 Å². The van der Waals surface area contributed by atoms with E-state index >= 15 is 0 Å². The molecule has 2 rings (SSSR count). The minimum absolute atomic E-state index is 0.253. The zero-order chi connectivity index (χ0) is 6.81. The fourth-order valence-corrected chi connectivity index (χ4v) is 4.19. The Morgan fingerprint density at radius 2 is 2.10 bits per heavy atom. The van der Waals surface area contributed by atoms with Crippen LogP contribution in [-0.4, -0.2) is 23.6 Å². The van der Waals surface area contributed by atoms with Gasteiger partial charge < -0.3 is 0 Å². The molecule has 0 bridgehead atoms. The second-order valence-electron chi connectivity index (χ2n) is 2.30. The van der Waals surface area contributed by atoms with E-state index in [1.807, 2.05) is 0 Å². The van der Waals surface area contributed by atoms with Crippen LogP contribution in [0.25, 0.3) is 0 Å². The normalized spacial score (nSPS) is 14.8. The van der Waals surface area contributed by atoms with Crippen molar-refractivity contribution in [2.75, 3.05) is 0 Å². The molecule has 1 aromatic rings. The summed E-state index contributed by atoms with van der Waals surface area (Å²) in [6, 6.07) is 8.82. The van der Waals surface area contributed by atoms with Gasteiger partial charge in [-0.1, -0.05) is 0 Å². The minimum atomic E-state index is -0.253. The van der Waals surface area contributed by atoms with E-state index in [0.29, 0.717) is 0 Å². The number of hydrogen-bond acceptors (Lipinski definition) is 0. The van der Waals surface area contributed by atoms with Crippen LogP contribution in [0.4, 0.5) is 0 Å². The Morgan fingerprint density at radius 3 is 3.00 bits per heavy atom. The molecule has 0 unspecified atom stereocenters. The van der Waals surface area contributed by atoms with Crippen LogP contribution in [0, 0.1) is 0 Å². The molecule has 0 aliphatic carbocycles. The van der Waals surface area contributed by atoms with E-state index < -0.39 is 0 Å². The third kappa shape index (κ3) is 1.16. The summed E-state index contributed by atoms with van der Waals surface area (Å²) in [6.45, 7) is 0. The van der Waals surface area contributed by atoms with Crippen LogP contribution in [-0.2, 0) is 6.42 Å². The van der Waals surface area contributed by atoms with Crippen LogP contribution < -0.4 is 3.22 Å². The second kappa shape index (κ2) is 2.85. The zero-order valence-corrected chi connectivity index (χ0v) is 8.75. The van der Waals surface area contributed by atoms with E-state index in [-0.39, 0.29) is 23.6 Å². The van der Waals surface area contributed by atoms with Crippen molar-refractivity contribution in [3.05, 3.63) is 39.6 Å². The Balaban J connectivity index is 2.47. The summed E-state index contributed by atoms with van der Waals surface area (Å²) >= 11 is -0.253. The van der Waals surface area contributed by atoms with Crippen molar-refractivity contribution in [2.24, 2.45) is 0 Å². The Morgan fingerprint density at radius 1 is 1.20 bits per heavy atom. The van der Waals surface area contributed by atoms with Gasteiger partial charge in [-0.2, -0.15) is 0 Å². The van der Waals surface area contributed by atoms with Gasteiger partial charge >= 0.3 is 72.8 Å². The molecule has 0 fully saturated rings. The topological polar surface area (TPSA) is 0 Å². The third-order valence-electron chi connectivity index (χ3n) is 1.60. The van der Waals surface area contributed by atoms with Crippen molar-refractivity contribution in [1.82, 2.24) is 0 Å². The Hall–Kier alpha value is -0.144. The Labute approximate surface area is 72.7 Å². The van der Waals surface area contributed by atoms with Crippen LogP contribution in [0.2, 0.25) is 0 Å². The number of hydrogen-bond donors (Lipinski definition) is 0. The van der Waals surface area contributed by atoms with Gasteiger partial charge in [-0.25, -0.2) is 0 Å². The molecule has 0 amide bonds. The molecule has 0 saturated carbocycles. The van der Waals surface area contributed by atoms with Crippen molar-refractivity contribution in [3.8, 4) is 0 Å². The third-order valence-corrected chi connectivity index (χ3v) is 5.41. The van der Waals surface area contributed by atoms with Gasteiger partial charge in [0.05, 0.1) is 0 Å². The first kappa shape index (κ1) is 6.56. The summed E-state index contributed by atoms with van der Waals surface area (Å²) in [5.41, 5.74) is 1.56. The van der Waals surface area contributed by atoms with Crippen molar-refractivity contribution < 1.29 is 0 Å². The Bertz CT molecular complexity index is 236. The molecule has 50 valence electrons. The van der Waals surface area contributed by atoms with E-state index in [1.165, 1.54) is 0 Å². The van der Waals surface area contributed by atoms with Gasteiger partial charge in [-0.3, -0.25) is 0 Å². The van der Waals surface area contributed by atoms with E-state index in [9.17, 15) is 0 Å². The molecule has 0 N–H and O–H groups in total. The average Bonchev–Trinajstić information content (AvgIpc) is 2.05. The monoisotopic (exact) mass is 325 g/mol. The van der Waals surface area contributed by atoms with Crippen LogP contribution in [0.3, 0.4) is 0 Å². The summed E-state index contributed by atoms with van der Waals surface area (Å²) < 4.78 is 4.06. The number of rotatable bonds is 0. The molecule has 0 aromatic heterocycles. The summed E-state index contributed by atoms with van der Waals surface area (Å²) in [5, 5.41) is 0. The maximum atomic E-state index is 2.41. The van der Waals surface area contributed by atoms with Crippen LogP contribution in [0.1, 0.15) is 5.56 Å². The van der Waals surface area contributed by atoms with Gasteiger partial charge in [0, 0.05) is 0 Å².